The maximum Gasteiger partial charge on any atom is 0.265 e. The van der Waals surface area contributed by atoms with Gasteiger partial charge in [0.25, 0.3) is 15.9 Å². The molecule has 0 bridgehead atoms. The standard InChI is InChI=1S/C19H21N5O3S2/c1-14-4-6-15(7-5-14)22-29(26,27)17-8-10-28-18(17)19(25)23-9-2-3-16(11-23)24-13-20-12-21-24/h4-8,10,12-13,16,22H,2-3,9,11H2,1H3. The summed E-state index contributed by atoms with van der Waals surface area (Å²) >= 11 is 1.14. The number of hydrogen-bond acceptors (Lipinski definition) is 6. The summed E-state index contributed by atoms with van der Waals surface area (Å²) in [5, 5.41) is 5.81. The van der Waals surface area contributed by atoms with Gasteiger partial charge in [0.1, 0.15) is 22.4 Å². The largest absolute Gasteiger partial charge is 0.336 e. The van der Waals surface area contributed by atoms with Crippen LogP contribution in [0.5, 0.6) is 0 Å². The van der Waals surface area contributed by atoms with E-state index in [4.69, 9.17) is 0 Å². The number of hydrogen-bond donors (Lipinski definition) is 1. The molecule has 1 atom stereocenters. The monoisotopic (exact) mass is 431 g/mol. The molecule has 10 heteroatoms. The molecule has 1 fully saturated rings. The summed E-state index contributed by atoms with van der Waals surface area (Å²) < 4.78 is 30.1. The summed E-state index contributed by atoms with van der Waals surface area (Å²) in [4.78, 5) is 19.0. The second-order valence-electron chi connectivity index (χ2n) is 7.01. The van der Waals surface area contributed by atoms with Crippen molar-refractivity contribution in [3.63, 3.8) is 0 Å². The number of carbonyl (C=O) groups is 1. The molecule has 1 aliphatic heterocycles. The molecule has 3 aromatic rings. The van der Waals surface area contributed by atoms with Crippen molar-refractivity contribution in [1.29, 1.82) is 0 Å². The lowest BCUT2D eigenvalue weighted by molar-refractivity contribution is 0.0674. The predicted molar refractivity (Wildman–Crippen MR) is 111 cm³/mol. The number of anilines is 1. The first-order valence-electron chi connectivity index (χ1n) is 9.24. The number of aryl methyl sites for hydroxylation is 1. The van der Waals surface area contributed by atoms with E-state index in [1.165, 1.54) is 12.4 Å². The Balaban J connectivity index is 1.55. The number of sulfonamides is 1. The molecule has 1 N–H and O–H groups in total. The third-order valence-electron chi connectivity index (χ3n) is 4.91. The smallest absolute Gasteiger partial charge is 0.265 e. The second kappa shape index (κ2) is 7.96. The van der Waals surface area contributed by atoms with Gasteiger partial charge in [-0.15, -0.1) is 11.3 Å². The van der Waals surface area contributed by atoms with Gasteiger partial charge in [-0.1, -0.05) is 17.7 Å². The zero-order chi connectivity index (χ0) is 20.4. The van der Waals surface area contributed by atoms with Crippen LogP contribution in [0.2, 0.25) is 0 Å². The number of thiophene rings is 1. The van der Waals surface area contributed by atoms with Crippen LogP contribution in [0.25, 0.3) is 0 Å². The normalized spacial score (nSPS) is 17.3. The highest BCUT2D eigenvalue weighted by Crippen LogP contribution is 2.28. The van der Waals surface area contributed by atoms with Crippen molar-refractivity contribution in [2.75, 3.05) is 17.8 Å². The Kier molecular flexibility index (Phi) is 5.37. The number of nitrogens with one attached hydrogen (secondary N) is 1. The van der Waals surface area contributed by atoms with Crippen LogP contribution in [0, 0.1) is 6.92 Å². The average molecular weight is 432 g/mol. The fourth-order valence-electron chi connectivity index (χ4n) is 3.40. The van der Waals surface area contributed by atoms with Gasteiger partial charge in [0, 0.05) is 18.8 Å². The van der Waals surface area contributed by atoms with Crippen LogP contribution < -0.4 is 4.72 Å². The van der Waals surface area contributed by atoms with Crippen LogP contribution in [0.4, 0.5) is 5.69 Å². The molecular formula is C19H21N5O3S2. The molecule has 1 unspecified atom stereocenters. The first-order valence-corrected chi connectivity index (χ1v) is 11.6. The van der Waals surface area contributed by atoms with E-state index in [1.807, 2.05) is 19.1 Å². The lowest BCUT2D eigenvalue weighted by Gasteiger charge is -2.32. The minimum atomic E-state index is -3.87. The van der Waals surface area contributed by atoms with Crippen LogP contribution >= 0.6 is 11.3 Å². The molecule has 0 aliphatic carbocycles. The quantitative estimate of drug-likeness (QED) is 0.670. The van der Waals surface area contributed by atoms with E-state index in [2.05, 4.69) is 14.8 Å². The fourth-order valence-corrected chi connectivity index (χ4v) is 5.85. The number of amides is 1. The van der Waals surface area contributed by atoms with E-state index in [1.54, 1.807) is 33.4 Å². The minimum Gasteiger partial charge on any atom is -0.336 e. The Morgan fingerprint density at radius 2 is 2.03 bits per heavy atom. The molecule has 4 rings (SSSR count). The Morgan fingerprint density at radius 1 is 1.24 bits per heavy atom. The summed E-state index contributed by atoms with van der Waals surface area (Å²) in [6.07, 6.45) is 4.84. The van der Waals surface area contributed by atoms with Gasteiger partial charge in [-0.2, -0.15) is 5.10 Å². The number of benzene rings is 1. The number of nitrogens with zero attached hydrogens (tertiary/aromatic N) is 4. The SMILES string of the molecule is Cc1ccc(NS(=O)(=O)c2ccsc2C(=O)N2CCCC(n3cncn3)C2)cc1. The van der Waals surface area contributed by atoms with Crippen molar-refractivity contribution in [3.05, 3.63) is 58.8 Å². The summed E-state index contributed by atoms with van der Waals surface area (Å²) in [5.41, 5.74) is 1.50. The lowest BCUT2D eigenvalue weighted by Crippen LogP contribution is -2.41. The van der Waals surface area contributed by atoms with E-state index in [0.29, 0.717) is 18.8 Å². The zero-order valence-electron chi connectivity index (χ0n) is 15.9. The topological polar surface area (TPSA) is 97.2 Å². The number of aromatic nitrogens is 3. The second-order valence-corrected chi connectivity index (χ2v) is 9.58. The molecule has 1 amide bonds. The number of piperidine rings is 1. The summed E-state index contributed by atoms with van der Waals surface area (Å²) in [6.45, 7) is 3.00. The van der Waals surface area contributed by atoms with Crippen molar-refractivity contribution >= 4 is 33.0 Å². The summed E-state index contributed by atoms with van der Waals surface area (Å²) in [6, 6.07) is 8.58. The maximum absolute atomic E-state index is 13.1. The third-order valence-corrected chi connectivity index (χ3v) is 7.37. The van der Waals surface area contributed by atoms with Crippen molar-refractivity contribution in [3.8, 4) is 0 Å². The van der Waals surface area contributed by atoms with E-state index < -0.39 is 10.0 Å². The maximum atomic E-state index is 13.1. The Morgan fingerprint density at radius 3 is 2.76 bits per heavy atom. The van der Waals surface area contributed by atoms with Crippen molar-refractivity contribution < 1.29 is 13.2 Å². The van der Waals surface area contributed by atoms with E-state index in [0.717, 1.165) is 29.7 Å². The molecule has 8 nitrogen and oxygen atoms in total. The third kappa shape index (κ3) is 4.18. The highest BCUT2D eigenvalue weighted by molar-refractivity contribution is 7.93. The Labute approximate surface area is 173 Å². The first-order chi connectivity index (χ1) is 13.9. The number of carbonyl (C=O) groups excluding carboxylic acids is 1. The van der Waals surface area contributed by atoms with Gasteiger partial charge in [-0.3, -0.25) is 9.52 Å². The van der Waals surface area contributed by atoms with Gasteiger partial charge in [-0.05, 0) is 43.3 Å². The van der Waals surface area contributed by atoms with Gasteiger partial charge in [-0.25, -0.2) is 18.1 Å². The first kappa shape index (κ1) is 19.6. The number of likely N-dealkylation sites (tertiary alicyclic amines) is 1. The average Bonchev–Trinajstić information content (AvgIpc) is 3.41. The Hall–Kier alpha value is -2.72. The molecule has 29 heavy (non-hydrogen) atoms. The molecule has 0 spiro atoms. The summed E-state index contributed by atoms with van der Waals surface area (Å²) in [7, 11) is -3.87. The van der Waals surface area contributed by atoms with Gasteiger partial charge in [0.15, 0.2) is 0 Å². The predicted octanol–water partition coefficient (Wildman–Crippen LogP) is 2.93. The minimum absolute atomic E-state index is 0.0101. The molecule has 0 radical (unpaired) electrons. The van der Waals surface area contributed by atoms with Crippen molar-refractivity contribution in [1.82, 2.24) is 19.7 Å². The molecule has 1 aromatic carbocycles. The van der Waals surface area contributed by atoms with Crippen LogP contribution in [0.3, 0.4) is 0 Å². The molecular weight excluding hydrogens is 410 g/mol. The lowest BCUT2D eigenvalue weighted by atomic mass is 10.1. The number of rotatable bonds is 5. The molecule has 2 aromatic heterocycles. The van der Waals surface area contributed by atoms with Crippen LogP contribution in [-0.2, 0) is 10.0 Å². The molecule has 0 saturated carbocycles. The Bertz CT molecular complexity index is 1090. The van der Waals surface area contributed by atoms with Crippen LogP contribution in [0.1, 0.15) is 34.1 Å². The molecule has 1 saturated heterocycles. The molecule has 152 valence electrons. The highest BCUT2D eigenvalue weighted by Gasteiger charge is 2.31. The highest BCUT2D eigenvalue weighted by atomic mass is 32.2. The van der Waals surface area contributed by atoms with Gasteiger partial charge in [0.05, 0.1) is 6.04 Å². The van der Waals surface area contributed by atoms with Crippen molar-refractivity contribution in [2.24, 2.45) is 0 Å². The van der Waals surface area contributed by atoms with Crippen LogP contribution in [0.15, 0.2) is 53.3 Å². The van der Waals surface area contributed by atoms with E-state index in [-0.39, 0.29) is 21.7 Å². The molecule has 1 aliphatic rings. The van der Waals surface area contributed by atoms with Gasteiger partial charge >= 0.3 is 0 Å². The summed E-state index contributed by atoms with van der Waals surface area (Å²) in [5.74, 6) is -0.269. The van der Waals surface area contributed by atoms with Crippen molar-refractivity contribution in [2.45, 2.75) is 30.7 Å². The molecule has 3 heterocycles. The van der Waals surface area contributed by atoms with Gasteiger partial charge in [0.2, 0.25) is 0 Å². The zero-order valence-corrected chi connectivity index (χ0v) is 17.5. The van der Waals surface area contributed by atoms with E-state index in [9.17, 15) is 13.2 Å². The fraction of sp³-hybridized carbons (Fsp3) is 0.316. The van der Waals surface area contributed by atoms with Gasteiger partial charge < -0.3 is 4.90 Å². The van der Waals surface area contributed by atoms with Crippen LogP contribution in [-0.4, -0.2) is 47.1 Å². The van der Waals surface area contributed by atoms with E-state index >= 15 is 0 Å².